The lowest BCUT2D eigenvalue weighted by atomic mass is 9.99. The topological polar surface area (TPSA) is 21.3 Å². The van der Waals surface area contributed by atoms with Gasteiger partial charge in [-0.2, -0.15) is 13.2 Å². The van der Waals surface area contributed by atoms with Gasteiger partial charge in [0.15, 0.2) is 0 Å². The fraction of sp³-hybridized carbons (Fsp3) is 0.571. The number of nitrogens with one attached hydrogen (secondary N) is 1. The molecule has 6 heteroatoms. The quantitative estimate of drug-likeness (QED) is 0.824. The molecule has 0 saturated carbocycles. The molecule has 0 radical (unpaired) electrons. The highest BCUT2D eigenvalue weighted by molar-refractivity contribution is 5.48. The first-order valence-corrected chi connectivity index (χ1v) is 6.54. The van der Waals surface area contributed by atoms with E-state index in [1.807, 2.05) is 13.8 Å². The number of alkyl halides is 3. The lowest BCUT2D eigenvalue weighted by Crippen LogP contribution is -2.37. The monoisotopic (exact) mass is 291 g/mol. The molecule has 1 saturated heterocycles. The summed E-state index contributed by atoms with van der Waals surface area (Å²) in [5.74, 6) is -0.676. The lowest BCUT2D eigenvalue weighted by molar-refractivity contribution is -0.137. The lowest BCUT2D eigenvalue weighted by Gasteiger charge is -2.33. The SMILES string of the molecule is CC1CC(Nc2cc(C(F)(F)F)ccc2F)CC(C)O1. The fourth-order valence-corrected chi connectivity index (χ4v) is 2.56. The molecule has 0 bridgehead atoms. The number of halogens is 4. The van der Waals surface area contributed by atoms with E-state index in [9.17, 15) is 17.6 Å². The predicted molar refractivity (Wildman–Crippen MR) is 68.1 cm³/mol. The predicted octanol–water partition coefficient (Wildman–Crippen LogP) is 4.21. The van der Waals surface area contributed by atoms with E-state index in [0.717, 1.165) is 18.2 Å². The molecule has 1 heterocycles. The maximum absolute atomic E-state index is 13.6. The number of rotatable bonds is 2. The normalized spacial score (nSPS) is 27.4. The van der Waals surface area contributed by atoms with Crippen molar-refractivity contribution in [2.45, 2.75) is 51.1 Å². The van der Waals surface area contributed by atoms with Crippen LogP contribution in [-0.2, 0) is 10.9 Å². The van der Waals surface area contributed by atoms with Crippen molar-refractivity contribution in [1.82, 2.24) is 0 Å². The molecule has 1 fully saturated rings. The van der Waals surface area contributed by atoms with Gasteiger partial charge >= 0.3 is 6.18 Å². The van der Waals surface area contributed by atoms with E-state index in [0.29, 0.717) is 12.8 Å². The molecule has 1 aliphatic rings. The number of hydrogen-bond acceptors (Lipinski definition) is 2. The Morgan fingerprint density at radius 2 is 1.75 bits per heavy atom. The summed E-state index contributed by atoms with van der Waals surface area (Å²) in [6.45, 7) is 3.79. The van der Waals surface area contributed by atoms with Gasteiger partial charge in [0.25, 0.3) is 0 Å². The standard InChI is InChI=1S/C14H17F4NO/c1-8-5-11(6-9(2)20-8)19-13-7-10(14(16,17)18)3-4-12(13)15/h3-4,7-9,11,19H,5-6H2,1-2H3. The summed E-state index contributed by atoms with van der Waals surface area (Å²) >= 11 is 0. The molecule has 2 unspecified atom stereocenters. The summed E-state index contributed by atoms with van der Waals surface area (Å²) in [6.07, 6.45) is -3.18. The molecule has 2 rings (SSSR count). The van der Waals surface area contributed by atoms with E-state index in [4.69, 9.17) is 4.74 Å². The first kappa shape index (κ1) is 15.1. The van der Waals surface area contributed by atoms with Crippen molar-refractivity contribution >= 4 is 5.69 Å². The minimum absolute atomic E-state index is 0.00473. The summed E-state index contributed by atoms with van der Waals surface area (Å²) in [4.78, 5) is 0. The highest BCUT2D eigenvalue weighted by Crippen LogP contribution is 2.32. The molecule has 2 atom stereocenters. The highest BCUT2D eigenvalue weighted by atomic mass is 19.4. The van der Waals surface area contributed by atoms with Crippen LogP contribution in [0.2, 0.25) is 0 Å². The Bertz CT molecular complexity index is 465. The summed E-state index contributed by atoms with van der Waals surface area (Å²) in [5, 5.41) is 2.87. The summed E-state index contributed by atoms with van der Waals surface area (Å²) in [7, 11) is 0. The van der Waals surface area contributed by atoms with Gasteiger partial charge in [-0.25, -0.2) is 4.39 Å². The zero-order valence-corrected chi connectivity index (χ0v) is 11.3. The van der Waals surface area contributed by atoms with Gasteiger partial charge in [-0.3, -0.25) is 0 Å². The molecule has 1 aliphatic heterocycles. The molecular weight excluding hydrogens is 274 g/mol. The highest BCUT2D eigenvalue weighted by Gasteiger charge is 2.32. The van der Waals surface area contributed by atoms with Crippen LogP contribution in [0.1, 0.15) is 32.3 Å². The molecule has 20 heavy (non-hydrogen) atoms. The van der Waals surface area contributed by atoms with Crippen molar-refractivity contribution in [3.05, 3.63) is 29.6 Å². The van der Waals surface area contributed by atoms with Crippen LogP contribution in [0.15, 0.2) is 18.2 Å². The van der Waals surface area contributed by atoms with Crippen molar-refractivity contribution in [2.24, 2.45) is 0 Å². The van der Waals surface area contributed by atoms with Crippen LogP contribution in [0.3, 0.4) is 0 Å². The Labute approximate surface area is 115 Å². The van der Waals surface area contributed by atoms with Crippen molar-refractivity contribution < 1.29 is 22.3 Å². The molecule has 0 aliphatic carbocycles. The molecule has 0 spiro atoms. The van der Waals surface area contributed by atoms with E-state index in [2.05, 4.69) is 5.32 Å². The maximum Gasteiger partial charge on any atom is 0.416 e. The molecule has 112 valence electrons. The van der Waals surface area contributed by atoms with Gasteiger partial charge in [-0.05, 0) is 44.9 Å². The third-order valence-corrected chi connectivity index (χ3v) is 3.35. The molecule has 1 N–H and O–H groups in total. The average Bonchev–Trinajstić information content (AvgIpc) is 2.29. The number of hydrogen-bond donors (Lipinski definition) is 1. The third-order valence-electron chi connectivity index (χ3n) is 3.35. The summed E-state index contributed by atoms with van der Waals surface area (Å²) in [5.41, 5.74) is -0.958. The van der Waals surface area contributed by atoms with E-state index in [1.165, 1.54) is 0 Å². The minimum Gasteiger partial charge on any atom is -0.380 e. The molecule has 0 aromatic heterocycles. The second kappa shape index (κ2) is 5.60. The first-order chi connectivity index (χ1) is 9.25. The molecule has 2 nitrogen and oxygen atoms in total. The Balaban J connectivity index is 2.16. The Morgan fingerprint density at radius 1 is 1.15 bits per heavy atom. The minimum atomic E-state index is -4.47. The first-order valence-electron chi connectivity index (χ1n) is 6.54. The molecular formula is C14H17F4NO. The van der Waals surface area contributed by atoms with Crippen LogP contribution < -0.4 is 5.32 Å². The van der Waals surface area contributed by atoms with Gasteiger partial charge in [-0.15, -0.1) is 0 Å². The van der Waals surface area contributed by atoms with Crippen LogP contribution in [0.4, 0.5) is 23.2 Å². The summed E-state index contributed by atoms with van der Waals surface area (Å²) < 4.78 is 57.1. The third kappa shape index (κ3) is 3.62. The van der Waals surface area contributed by atoms with Gasteiger partial charge in [0.05, 0.1) is 23.5 Å². The van der Waals surface area contributed by atoms with Gasteiger partial charge in [0.2, 0.25) is 0 Å². The van der Waals surface area contributed by atoms with Crippen LogP contribution in [0.25, 0.3) is 0 Å². The molecule has 1 aromatic carbocycles. The number of benzene rings is 1. The van der Waals surface area contributed by atoms with Crippen LogP contribution in [0.5, 0.6) is 0 Å². The van der Waals surface area contributed by atoms with Crippen molar-refractivity contribution in [3.8, 4) is 0 Å². The smallest absolute Gasteiger partial charge is 0.380 e. The zero-order chi connectivity index (χ0) is 14.9. The van der Waals surface area contributed by atoms with Crippen molar-refractivity contribution in [3.63, 3.8) is 0 Å². The van der Waals surface area contributed by atoms with Gasteiger partial charge in [0.1, 0.15) is 5.82 Å². The second-order valence-corrected chi connectivity index (χ2v) is 5.26. The average molecular weight is 291 g/mol. The van der Waals surface area contributed by atoms with Gasteiger partial charge in [0, 0.05) is 6.04 Å². The zero-order valence-electron chi connectivity index (χ0n) is 11.3. The van der Waals surface area contributed by atoms with Crippen LogP contribution in [-0.4, -0.2) is 18.2 Å². The van der Waals surface area contributed by atoms with Gasteiger partial charge < -0.3 is 10.1 Å². The Morgan fingerprint density at radius 3 is 2.30 bits per heavy atom. The maximum atomic E-state index is 13.6. The fourth-order valence-electron chi connectivity index (χ4n) is 2.56. The molecule has 0 amide bonds. The van der Waals surface area contributed by atoms with Crippen LogP contribution >= 0.6 is 0 Å². The number of anilines is 1. The number of ether oxygens (including phenoxy) is 1. The van der Waals surface area contributed by atoms with Crippen molar-refractivity contribution in [2.75, 3.05) is 5.32 Å². The molecule has 1 aromatic rings. The second-order valence-electron chi connectivity index (χ2n) is 5.26. The Hall–Kier alpha value is -1.30. The van der Waals surface area contributed by atoms with E-state index in [-0.39, 0.29) is 23.9 Å². The van der Waals surface area contributed by atoms with Crippen LogP contribution in [0, 0.1) is 5.82 Å². The summed E-state index contributed by atoms with van der Waals surface area (Å²) in [6, 6.07) is 2.32. The Kier molecular flexibility index (Phi) is 4.22. The largest absolute Gasteiger partial charge is 0.416 e. The van der Waals surface area contributed by atoms with E-state index < -0.39 is 17.6 Å². The van der Waals surface area contributed by atoms with Crippen molar-refractivity contribution in [1.29, 1.82) is 0 Å². The van der Waals surface area contributed by atoms with E-state index >= 15 is 0 Å². The van der Waals surface area contributed by atoms with Gasteiger partial charge in [-0.1, -0.05) is 0 Å². The van der Waals surface area contributed by atoms with E-state index in [1.54, 1.807) is 0 Å².